The summed E-state index contributed by atoms with van der Waals surface area (Å²) < 4.78 is 4.92. The molecule has 0 fully saturated rings. The smallest absolute Gasteiger partial charge is 0.338 e. The molecule has 2 N–H and O–H groups in total. The first-order valence-corrected chi connectivity index (χ1v) is 10.6. The van der Waals surface area contributed by atoms with E-state index in [1.165, 1.54) is 17.3 Å². The molecule has 0 radical (unpaired) electrons. The molecule has 0 aliphatic rings. The van der Waals surface area contributed by atoms with E-state index in [2.05, 4.69) is 10.6 Å². The lowest BCUT2D eigenvalue weighted by Gasteiger charge is -2.07. The Balaban J connectivity index is 1.62. The second-order valence-corrected chi connectivity index (χ2v) is 7.52. The molecular formula is C22H26N2O4S. The first kappa shape index (κ1) is 22.5. The molecule has 2 aromatic carbocycles. The number of hydrogen-bond donors (Lipinski definition) is 2. The molecule has 2 rings (SSSR count). The van der Waals surface area contributed by atoms with Gasteiger partial charge in [-0.2, -0.15) is 11.8 Å². The van der Waals surface area contributed by atoms with Crippen molar-refractivity contribution in [2.45, 2.75) is 26.8 Å². The second kappa shape index (κ2) is 11.9. The van der Waals surface area contributed by atoms with Crippen molar-refractivity contribution < 1.29 is 19.1 Å². The van der Waals surface area contributed by atoms with Crippen molar-refractivity contribution in [2.75, 3.05) is 23.4 Å². The second-order valence-electron chi connectivity index (χ2n) is 6.41. The molecule has 7 heteroatoms. The first-order chi connectivity index (χ1) is 14.0. The molecule has 0 atom stereocenters. The molecule has 6 nitrogen and oxygen atoms in total. The van der Waals surface area contributed by atoms with Gasteiger partial charge in [0, 0.05) is 24.4 Å². The van der Waals surface area contributed by atoms with E-state index in [9.17, 15) is 14.4 Å². The summed E-state index contributed by atoms with van der Waals surface area (Å²) in [7, 11) is 0. The molecule has 0 aliphatic heterocycles. The third-order valence-electron chi connectivity index (χ3n) is 4.00. The topological polar surface area (TPSA) is 84.5 Å². The van der Waals surface area contributed by atoms with Crippen LogP contribution >= 0.6 is 11.8 Å². The quantitative estimate of drug-likeness (QED) is 0.459. The normalized spacial score (nSPS) is 10.3. The summed E-state index contributed by atoms with van der Waals surface area (Å²) in [5, 5.41) is 5.65. The number of esters is 1. The van der Waals surface area contributed by atoms with Crippen LogP contribution in [-0.2, 0) is 20.9 Å². The fraction of sp³-hybridized carbons (Fsp3) is 0.318. The molecule has 154 valence electrons. The number of carbonyl (C=O) groups is 3. The van der Waals surface area contributed by atoms with Crippen LogP contribution in [0.1, 0.15) is 34.8 Å². The van der Waals surface area contributed by atoms with Crippen LogP contribution in [0.15, 0.2) is 48.5 Å². The van der Waals surface area contributed by atoms with Crippen LogP contribution in [0.2, 0.25) is 0 Å². The molecule has 2 amide bonds. The molecular weight excluding hydrogens is 388 g/mol. The van der Waals surface area contributed by atoms with Gasteiger partial charge in [0.15, 0.2) is 0 Å². The van der Waals surface area contributed by atoms with Crippen molar-refractivity contribution in [1.82, 2.24) is 5.32 Å². The largest absolute Gasteiger partial charge is 0.462 e. The zero-order chi connectivity index (χ0) is 21.1. The molecule has 0 saturated carbocycles. The number of hydrogen-bond acceptors (Lipinski definition) is 5. The Bertz CT molecular complexity index is 820. The maximum Gasteiger partial charge on any atom is 0.338 e. The van der Waals surface area contributed by atoms with Crippen LogP contribution in [0.25, 0.3) is 0 Å². The highest BCUT2D eigenvalue weighted by Crippen LogP contribution is 2.12. The Morgan fingerprint density at radius 3 is 2.31 bits per heavy atom. The van der Waals surface area contributed by atoms with Gasteiger partial charge in [-0.05, 0) is 43.7 Å². The lowest BCUT2D eigenvalue weighted by Crippen LogP contribution is -2.23. The van der Waals surface area contributed by atoms with Crippen molar-refractivity contribution in [3.05, 3.63) is 65.2 Å². The van der Waals surface area contributed by atoms with Gasteiger partial charge in [0.25, 0.3) is 0 Å². The van der Waals surface area contributed by atoms with Gasteiger partial charge in [0.05, 0.1) is 17.9 Å². The highest BCUT2D eigenvalue weighted by atomic mass is 32.2. The van der Waals surface area contributed by atoms with Gasteiger partial charge in [0.2, 0.25) is 11.8 Å². The SMILES string of the molecule is CCOC(=O)c1ccc(NC(=O)CSCCC(=O)NCc2ccc(C)cc2)cc1. The van der Waals surface area contributed by atoms with Crippen LogP contribution in [0.3, 0.4) is 0 Å². The van der Waals surface area contributed by atoms with E-state index in [4.69, 9.17) is 4.74 Å². The van der Waals surface area contributed by atoms with E-state index in [0.717, 1.165) is 5.56 Å². The predicted octanol–water partition coefficient (Wildman–Crippen LogP) is 3.55. The minimum Gasteiger partial charge on any atom is -0.462 e. The van der Waals surface area contributed by atoms with Crippen molar-refractivity contribution >= 4 is 35.2 Å². The number of anilines is 1. The Kier molecular flexibility index (Phi) is 9.24. The van der Waals surface area contributed by atoms with Crippen molar-refractivity contribution in [3.8, 4) is 0 Å². The zero-order valence-electron chi connectivity index (χ0n) is 16.7. The van der Waals surface area contributed by atoms with E-state index >= 15 is 0 Å². The summed E-state index contributed by atoms with van der Waals surface area (Å²) in [5.41, 5.74) is 3.30. The number of amides is 2. The molecule has 0 bridgehead atoms. The van der Waals surface area contributed by atoms with Crippen LogP contribution in [0.4, 0.5) is 5.69 Å². The highest BCUT2D eigenvalue weighted by Gasteiger charge is 2.08. The zero-order valence-corrected chi connectivity index (χ0v) is 17.5. The minimum absolute atomic E-state index is 0.0342. The van der Waals surface area contributed by atoms with E-state index < -0.39 is 0 Å². The maximum atomic E-state index is 12.0. The Morgan fingerprint density at radius 2 is 1.66 bits per heavy atom. The van der Waals surface area contributed by atoms with Gasteiger partial charge in [-0.25, -0.2) is 4.79 Å². The molecule has 0 spiro atoms. The lowest BCUT2D eigenvalue weighted by atomic mass is 10.1. The molecule has 0 aromatic heterocycles. The number of thioether (sulfide) groups is 1. The third-order valence-corrected chi connectivity index (χ3v) is 4.96. The van der Waals surface area contributed by atoms with E-state index in [1.807, 2.05) is 31.2 Å². The van der Waals surface area contributed by atoms with Crippen molar-refractivity contribution in [2.24, 2.45) is 0 Å². The van der Waals surface area contributed by atoms with Crippen LogP contribution in [0.5, 0.6) is 0 Å². The van der Waals surface area contributed by atoms with Gasteiger partial charge >= 0.3 is 5.97 Å². The number of benzene rings is 2. The van der Waals surface area contributed by atoms with Crippen LogP contribution in [-0.4, -0.2) is 35.9 Å². The van der Waals surface area contributed by atoms with E-state index in [-0.39, 0.29) is 23.5 Å². The standard InChI is InChI=1S/C22H26N2O4S/c1-3-28-22(27)18-8-10-19(11-9-18)24-21(26)15-29-13-12-20(25)23-14-17-6-4-16(2)5-7-17/h4-11H,3,12-15H2,1-2H3,(H,23,25)(H,24,26). The number of ether oxygens (including phenoxy) is 1. The number of rotatable bonds is 10. The fourth-order valence-electron chi connectivity index (χ4n) is 2.43. The number of aryl methyl sites for hydroxylation is 1. The van der Waals surface area contributed by atoms with Gasteiger partial charge in [0.1, 0.15) is 0 Å². The first-order valence-electron chi connectivity index (χ1n) is 9.45. The minimum atomic E-state index is -0.387. The van der Waals surface area contributed by atoms with Crippen molar-refractivity contribution in [3.63, 3.8) is 0 Å². The molecule has 0 saturated heterocycles. The summed E-state index contributed by atoms with van der Waals surface area (Å²) >= 11 is 1.40. The lowest BCUT2D eigenvalue weighted by molar-refractivity contribution is -0.121. The summed E-state index contributed by atoms with van der Waals surface area (Å²) in [6, 6.07) is 14.6. The molecule has 29 heavy (non-hydrogen) atoms. The fourth-order valence-corrected chi connectivity index (χ4v) is 3.16. The summed E-state index contributed by atoms with van der Waals surface area (Å²) in [5.74, 6) is 0.244. The molecule has 0 aliphatic carbocycles. The Labute approximate surface area is 175 Å². The molecule has 2 aromatic rings. The maximum absolute atomic E-state index is 12.0. The van der Waals surface area contributed by atoms with Crippen LogP contribution < -0.4 is 10.6 Å². The summed E-state index contributed by atoms with van der Waals surface area (Å²) in [6.45, 7) is 4.59. The van der Waals surface area contributed by atoms with Gasteiger partial charge in [-0.1, -0.05) is 29.8 Å². The predicted molar refractivity (Wildman–Crippen MR) is 116 cm³/mol. The monoisotopic (exact) mass is 414 g/mol. The van der Waals surface area contributed by atoms with Crippen LogP contribution in [0, 0.1) is 6.92 Å². The molecule has 0 unspecified atom stereocenters. The van der Waals surface area contributed by atoms with Gasteiger partial charge < -0.3 is 15.4 Å². The summed E-state index contributed by atoms with van der Waals surface area (Å²) in [6.07, 6.45) is 0.359. The highest BCUT2D eigenvalue weighted by molar-refractivity contribution is 7.99. The summed E-state index contributed by atoms with van der Waals surface area (Å²) in [4.78, 5) is 35.5. The number of carbonyl (C=O) groups excluding carboxylic acids is 3. The molecule has 0 heterocycles. The van der Waals surface area contributed by atoms with Gasteiger partial charge in [-0.15, -0.1) is 0 Å². The van der Waals surface area contributed by atoms with E-state index in [0.29, 0.717) is 36.6 Å². The Hall–Kier alpha value is -2.80. The average Bonchev–Trinajstić information content (AvgIpc) is 2.71. The van der Waals surface area contributed by atoms with Gasteiger partial charge in [-0.3, -0.25) is 9.59 Å². The third kappa shape index (κ3) is 8.39. The van der Waals surface area contributed by atoms with E-state index in [1.54, 1.807) is 31.2 Å². The average molecular weight is 415 g/mol. The number of nitrogens with one attached hydrogen (secondary N) is 2. The van der Waals surface area contributed by atoms with Crippen molar-refractivity contribution in [1.29, 1.82) is 0 Å². The Morgan fingerprint density at radius 1 is 0.966 bits per heavy atom.